The number of fused-ring (bicyclic) bond motifs is 9. The molecule has 0 N–H and O–H groups in total. The maximum Gasteiger partial charge on any atom is 3.00 e. The van der Waals surface area contributed by atoms with Crippen LogP contribution in [0.3, 0.4) is 0 Å². The largest absolute Gasteiger partial charge is 3.00 e. The van der Waals surface area contributed by atoms with Gasteiger partial charge in [0.05, 0.1) is 11.0 Å². The van der Waals surface area contributed by atoms with E-state index in [1.54, 1.807) is 18.6 Å². The standard InChI is InChI=1S/C54H44N2.C24H16N2.3C11H8N.Ir/c1-53(2)49-21-13-11-19-45(49)47-33-31-43(35-51(47)53)55(39-15-7-5-8-16-39)41-27-23-37(24-28-41)38-25-29-42(30-26-38)56(40-17-9-6-10-18-40)44-32-34-48-46-20-12-14-22-50(46)54(3,4)52(48)36-44;1-3-7-17(8-4-1)19-13-15-25-23-21(19)11-12-22-20(14-16-26-24(22)23)18-9-5-2-6-10-18;3*1-2-6-10(7-3-1)11-8-4-5-9-12-11;/h5-36H,1-4H3;1-16H;3*1-6,8-9H;/q;;3*-1;+3. The van der Waals surface area contributed by atoms with Gasteiger partial charge in [-0.2, -0.15) is 0 Å². The van der Waals surface area contributed by atoms with Gasteiger partial charge in [0, 0.05) is 86.7 Å². The number of anilines is 6. The van der Waals surface area contributed by atoms with Crippen molar-refractivity contribution >= 4 is 55.9 Å². The summed E-state index contributed by atoms with van der Waals surface area (Å²) in [6.07, 6.45) is 9.12. The van der Waals surface area contributed by atoms with E-state index in [1.165, 1.54) is 77.9 Å². The minimum Gasteiger partial charge on any atom is -0.310 e. The second-order valence-electron chi connectivity index (χ2n) is 30.0. The van der Waals surface area contributed by atoms with Crippen LogP contribution >= 0.6 is 0 Å². The molecule has 5 aromatic heterocycles. The summed E-state index contributed by atoms with van der Waals surface area (Å²) in [5.41, 5.74) is 32.6. The fourth-order valence-corrected chi connectivity index (χ4v) is 16.1. The average Bonchev–Trinajstić information content (AvgIpc) is 1.58. The zero-order valence-corrected chi connectivity index (χ0v) is 68.9. The molecule has 0 unspecified atom stereocenters. The van der Waals surface area contributed by atoms with E-state index in [4.69, 9.17) is 0 Å². The van der Waals surface area contributed by atoms with Crippen LogP contribution in [-0.2, 0) is 30.9 Å². The van der Waals surface area contributed by atoms with Crippen LogP contribution in [0.2, 0.25) is 0 Å². The van der Waals surface area contributed by atoms with Crippen molar-refractivity contribution in [1.82, 2.24) is 24.9 Å². The molecule has 0 bridgehead atoms. The van der Waals surface area contributed by atoms with E-state index in [1.807, 2.05) is 152 Å². The SMILES string of the molecule is CC1(C)c2ccccc2-c2ccc(N(c3ccccc3)c3ccc(-c4ccc(N(c5ccccc5)c5ccc6c(c5)C(C)(C)c5ccccc5-6)cc4)cc3)cc21.[Ir+3].[c-]1ccccc1-c1ccccn1.[c-]1ccccc1-c1ccccn1.[c-]1ccccc1-c1ccccn1.c1ccc(-c2ccnc3c2ccc2c(-c4ccccc4)ccnc23)cc1. The fraction of sp³-hybridized carbons (Fsp3) is 0.0541. The summed E-state index contributed by atoms with van der Waals surface area (Å²) in [6, 6.07) is 151. The number of benzene rings is 14. The summed E-state index contributed by atoms with van der Waals surface area (Å²) >= 11 is 0. The minimum atomic E-state index is -0.0700. The van der Waals surface area contributed by atoms with Gasteiger partial charge in [-0.15, -0.1) is 108 Å². The van der Waals surface area contributed by atoms with Gasteiger partial charge in [0.25, 0.3) is 0 Å². The first-order chi connectivity index (χ1) is 58.1. The molecule has 5 heterocycles. The first kappa shape index (κ1) is 78.5. The Hall–Kier alpha value is -14.4. The Kier molecular flexibility index (Phi) is 23.9. The van der Waals surface area contributed by atoms with Crippen molar-refractivity contribution in [3.8, 4) is 89.4 Å². The van der Waals surface area contributed by atoms with Crippen LogP contribution in [0.4, 0.5) is 34.1 Å². The van der Waals surface area contributed by atoms with Crippen LogP contribution < -0.4 is 9.80 Å². The normalized spacial score (nSPS) is 11.9. The number of hydrogen-bond donors (Lipinski definition) is 0. The summed E-state index contributed by atoms with van der Waals surface area (Å²) in [6.45, 7) is 9.39. The topological polar surface area (TPSA) is 70.9 Å². The molecule has 0 saturated heterocycles. The molecule has 8 heteroatoms. The molecule has 0 atom stereocenters. The molecule has 0 radical (unpaired) electrons. The van der Waals surface area contributed by atoms with Crippen LogP contribution in [0, 0.1) is 18.2 Å². The fourth-order valence-electron chi connectivity index (χ4n) is 16.1. The van der Waals surface area contributed by atoms with Crippen molar-refractivity contribution < 1.29 is 20.1 Å². The number of rotatable bonds is 12. The van der Waals surface area contributed by atoms with E-state index in [-0.39, 0.29) is 30.9 Å². The van der Waals surface area contributed by atoms with Crippen molar-refractivity contribution in [3.63, 3.8) is 0 Å². The third kappa shape index (κ3) is 17.0. The Labute approximate surface area is 711 Å². The molecule has 21 rings (SSSR count). The summed E-state index contributed by atoms with van der Waals surface area (Å²) in [5.74, 6) is 0. The molecule has 2 aliphatic carbocycles. The van der Waals surface area contributed by atoms with Crippen LogP contribution in [0.5, 0.6) is 0 Å². The molecule has 0 fully saturated rings. The monoisotopic (exact) mass is 1710 g/mol. The molecule has 0 saturated carbocycles. The molecule has 2 aliphatic rings. The number of para-hydroxylation sites is 2. The van der Waals surface area contributed by atoms with E-state index in [0.717, 1.165) is 89.7 Å². The first-order valence-electron chi connectivity index (χ1n) is 39.9. The number of hydrogen-bond acceptors (Lipinski definition) is 7. The van der Waals surface area contributed by atoms with Gasteiger partial charge in [0.15, 0.2) is 0 Å². The van der Waals surface area contributed by atoms with Gasteiger partial charge in [-0.3, -0.25) is 9.97 Å². The second-order valence-corrected chi connectivity index (χ2v) is 30.0. The summed E-state index contributed by atoms with van der Waals surface area (Å²) in [7, 11) is 0. The third-order valence-electron chi connectivity index (χ3n) is 22.0. The van der Waals surface area contributed by atoms with Crippen molar-refractivity contribution in [2.24, 2.45) is 0 Å². The van der Waals surface area contributed by atoms with E-state index in [0.29, 0.717) is 0 Å². The predicted molar refractivity (Wildman–Crippen MR) is 490 cm³/mol. The average molecular weight is 1710 g/mol. The van der Waals surface area contributed by atoms with Crippen LogP contribution in [0.1, 0.15) is 49.9 Å². The zero-order valence-electron chi connectivity index (χ0n) is 66.5. The molecule has 119 heavy (non-hydrogen) atoms. The third-order valence-corrected chi connectivity index (χ3v) is 22.0. The van der Waals surface area contributed by atoms with E-state index in [9.17, 15) is 0 Å². The summed E-state index contributed by atoms with van der Waals surface area (Å²) in [4.78, 5) is 26.7. The molecule has 572 valence electrons. The van der Waals surface area contributed by atoms with Gasteiger partial charge < -0.3 is 24.8 Å². The molecular weight excluding hydrogens is 1620 g/mol. The second kappa shape index (κ2) is 36.2. The van der Waals surface area contributed by atoms with Crippen molar-refractivity contribution in [3.05, 3.63) is 478 Å². The van der Waals surface area contributed by atoms with Gasteiger partial charge in [0.2, 0.25) is 0 Å². The Morgan fingerprint density at radius 3 is 0.857 bits per heavy atom. The Morgan fingerprint density at radius 1 is 0.218 bits per heavy atom. The van der Waals surface area contributed by atoms with Crippen LogP contribution in [0.25, 0.3) is 111 Å². The van der Waals surface area contributed by atoms with Crippen LogP contribution in [0.15, 0.2) is 437 Å². The van der Waals surface area contributed by atoms with Crippen molar-refractivity contribution in [2.75, 3.05) is 9.80 Å². The molecular formula is C111H84IrN7. The maximum atomic E-state index is 4.67. The van der Waals surface area contributed by atoms with E-state index < -0.39 is 0 Å². The van der Waals surface area contributed by atoms with E-state index in [2.05, 4.69) is 348 Å². The molecule has 7 nitrogen and oxygen atoms in total. The Morgan fingerprint density at radius 2 is 0.521 bits per heavy atom. The van der Waals surface area contributed by atoms with Crippen molar-refractivity contribution in [2.45, 2.75) is 38.5 Å². The van der Waals surface area contributed by atoms with E-state index >= 15 is 0 Å². The predicted octanol–water partition coefficient (Wildman–Crippen LogP) is 28.7. The zero-order chi connectivity index (χ0) is 80.0. The minimum absolute atomic E-state index is 0. The summed E-state index contributed by atoms with van der Waals surface area (Å²) in [5, 5.41) is 2.26. The molecule has 0 aliphatic heterocycles. The quantitative estimate of drug-likeness (QED) is 0.0891. The first-order valence-corrected chi connectivity index (χ1v) is 39.9. The molecule has 14 aromatic carbocycles. The Balaban J connectivity index is 0.000000135. The number of aromatic nitrogens is 5. The van der Waals surface area contributed by atoms with Gasteiger partial charge in [-0.25, -0.2) is 0 Å². The maximum absolute atomic E-state index is 4.67. The molecule has 0 amide bonds. The van der Waals surface area contributed by atoms with Crippen molar-refractivity contribution in [1.29, 1.82) is 0 Å². The smallest absolute Gasteiger partial charge is 0.310 e. The molecule has 0 spiro atoms. The van der Waals surface area contributed by atoms with Gasteiger partial charge >= 0.3 is 20.1 Å². The number of pyridine rings is 5. The molecule has 19 aromatic rings. The van der Waals surface area contributed by atoms with Gasteiger partial charge in [-0.1, -0.05) is 258 Å². The van der Waals surface area contributed by atoms with Gasteiger partial charge in [-0.05, 0) is 198 Å². The Bertz CT molecular complexity index is 5970. The van der Waals surface area contributed by atoms with Crippen LogP contribution in [-0.4, -0.2) is 24.9 Å². The van der Waals surface area contributed by atoms with Gasteiger partial charge in [0.1, 0.15) is 0 Å². The summed E-state index contributed by atoms with van der Waals surface area (Å²) < 4.78 is 0. The number of nitrogens with zero attached hydrogens (tertiary/aromatic N) is 7.